The highest BCUT2D eigenvalue weighted by Crippen LogP contribution is 2.41. The van der Waals surface area contributed by atoms with Crippen molar-refractivity contribution in [3.8, 4) is 28.4 Å². The van der Waals surface area contributed by atoms with Gasteiger partial charge in [0.1, 0.15) is 31.0 Å². The van der Waals surface area contributed by atoms with Crippen molar-refractivity contribution in [3.63, 3.8) is 0 Å². The summed E-state index contributed by atoms with van der Waals surface area (Å²) in [7, 11) is 0. The molecule has 0 aliphatic carbocycles. The van der Waals surface area contributed by atoms with Crippen LogP contribution in [-0.4, -0.2) is 51.5 Å². The van der Waals surface area contributed by atoms with E-state index < -0.39 is 47.6 Å². The maximum absolute atomic E-state index is 14.4. The first-order valence-corrected chi connectivity index (χ1v) is 20.5. The quantitative estimate of drug-likeness (QED) is 0.132. The first-order chi connectivity index (χ1) is 29.8. The van der Waals surface area contributed by atoms with Crippen LogP contribution in [0.1, 0.15) is 55.5 Å². The van der Waals surface area contributed by atoms with Crippen LogP contribution in [0.5, 0.6) is 17.2 Å². The average molecular weight is 879 g/mol. The molecule has 1 unspecified atom stereocenters. The van der Waals surface area contributed by atoms with Crippen LogP contribution in [0.15, 0.2) is 109 Å². The average Bonchev–Trinajstić information content (AvgIpc) is 3.27. The van der Waals surface area contributed by atoms with Crippen molar-refractivity contribution in [2.24, 2.45) is 0 Å². The number of fused-ring (bicyclic) bond motifs is 2. The Morgan fingerprint density at radius 2 is 1.61 bits per heavy atom. The Labute approximate surface area is 366 Å². The molecule has 10 nitrogen and oxygen atoms in total. The Balaban J connectivity index is 1.000. The van der Waals surface area contributed by atoms with Crippen LogP contribution < -0.4 is 19.5 Å². The molecule has 2 N–H and O–H groups in total. The third-order valence-electron chi connectivity index (χ3n) is 11.2. The number of rotatable bonds is 11. The lowest BCUT2D eigenvalue weighted by Gasteiger charge is -2.37. The van der Waals surface area contributed by atoms with E-state index in [1.165, 1.54) is 4.90 Å². The van der Waals surface area contributed by atoms with Gasteiger partial charge < -0.3 is 29.5 Å². The summed E-state index contributed by atoms with van der Waals surface area (Å²) in [5.41, 5.74) is 7.35. The Bertz CT molecular complexity index is 2700. The molecule has 0 fully saturated rings. The Kier molecular flexibility index (Phi) is 12.1. The van der Waals surface area contributed by atoms with Crippen LogP contribution in [0, 0.1) is 25.5 Å². The van der Waals surface area contributed by atoms with E-state index in [0.29, 0.717) is 44.0 Å². The zero-order chi connectivity index (χ0) is 43.7. The zero-order valence-corrected chi connectivity index (χ0v) is 35.0. The molecule has 316 valence electrons. The Hall–Kier alpha value is -6.50. The summed E-state index contributed by atoms with van der Waals surface area (Å²) in [5, 5.41) is 13.8. The molecule has 0 saturated carbocycles. The molecule has 5 aromatic carbocycles. The van der Waals surface area contributed by atoms with Crippen LogP contribution in [-0.2, 0) is 35.6 Å². The fraction of sp³-hybridized carbons (Fsp3) is 0.208. The monoisotopic (exact) mass is 877 g/mol. The minimum atomic E-state index is -1.35. The summed E-state index contributed by atoms with van der Waals surface area (Å²) in [5.74, 6) is -3.61. The van der Waals surface area contributed by atoms with Crippen LogP contribution >= 0.6 is 23.2 Å². The van der Waals surface area contributed by atoms with Gasteiger partial charge in [0.2, 0.25) is 5.91 Å². The van der Waals surface area contributed by atoms with Crippen LogP contribution in [0.4, 0.5) is 8.78 Å². The highest BCUT2D eigenvalue weighted by atomic mass is 35.5. The van der Waals surface area contributed by atoms with Gasteiger partial charge in [-0.2, -0.15) is 0 Å². The summed E-state index contributed by atoms with van der Waals surface area (Å²) in [6, 6.07) is 25.7. The number of hydrogen-bond donors (Lipinski definition) is 2. The molecule has 3 atom stereocenters. The molecular weight excluding hydrogens is 839 g/mol. The number of halogens is 4. The van der Waals surface area contributed by atoms with Crippen LogP contribution in [0.25, 0.3) is 11.1 Å². The topological polar surface area (TPSA) is 127 Å². The van der Waals surface area contributed by atoms with Crippen molar-refractivity contribution in [1.82, 2.24) is 15.2 Å². The maximum Gasteiger partial charge on any atom is 0.326 e. The number of ether oxygens (including phenoxy) is 3. The number of hydrogen-bond acceptors (Lipinski definition) is 7. The Morgan fingerprint density at radius 1 is 0.871 bits per heavy atom. The first kappa shape index (κ1) is 42.2. The third-order valence-corrected chi connectivity index (χ3v) is 11.9. The lowest BCUT2D eigenvalue weighted by atomic mass is 9.91. The number of aromatic nitrogens is 1. The molecule has 0 radical (unpaired) electrons. The highest BCUT2D eigenvalue weighted by Gasteiger charge is 2.38. The molecule has 62 heavy (non-hydrogen) atoms. The molecule has 0 saturated heterocycles. The van der Waals surface area contributed by atoms with E-state index in [-0.39, 0.29) is 38.2 Å². The normalized spacial score (nSPS) is 15.9. The largest absolute Gasteiger partial charge is 0.489 e. The van der Waals surface area contributed by atoms with Gasteiger partial charge in [0, 0.05) is 36.8 Å². The van der Waals surface area contributed by atoms with Gasteiger partial charge in [0.25, 0.3) is 5.91 Å². The number of benzene rings is 5. The van der Waals surface area contributed by atoms with E-state index in [1.54, 1.807) is 30.5 Å². The molecule has 3 heterocycles. The molecule has 14 heteroatoms. The summed E-state index contributed by atoms with van der Waals surface area (Å²) < 4.78 is 46.9. The van der Waals surface area contributed by atoms with Gasteiger partial charge in [-0.1, -0.05) is 65.7 Å². The van der Waals surface area contributed by atoms with Crippen LogP contribution in [0.2, 0.25) is 10.0 Å². The molecule has 0 bridgehead atoms. The molecule has 2 aliphatic heterocycles. The second-order valence-electron chi connectivity index (χ2n) is 15.2. The van der Waals surface area contributed by atoms with Crippen LogP contribution in [0.3, 0.4) is 0 Å². The van der Waals surface area contributed by atoms with Crippen molar-refractivity contribution in [1.29, 1.82) is 0 Å². The number of pyridine rings is 1. The number of nitrogens with zero attached hydrogens (tertiary/aromatic N) is 2. The lowest BCUT2D eigenvalue weighted by molar-refractivity contribution is -0.142. The van der Waals surface area contributed by atoms with E-state index >= 15 is 0 Å². The lowest BCUT2D eigenvalue weighted by Crippen LogP contribution is -2.56. The number of aryl methyl sites for hydroxylation is 1. The van der Waals surface area contributed by atoms with Crippen molar-refractivity contribution in [3.05, 3.63) is 176 Å². The van der Waals surface area contributed by atoms with E-state index in [4.69, 9.17) is 37.4 Å². The Morgan fingerprint density at radius 3 is 2.34 bits per heavy atom. The molecule has 8 rings (SSSR count). The number of carboxylic acid groups (broad SMARTS) is 1. The standard InChI is InChI=1S/C48H39Cl2F2N3O7/c1-26-27(2)53-16-15-36(26)30-6-3-28(4-7-30)18-41(48(58)59)54-46(56)42-20-33-21-43-44(22-34(33)23-55(42)47(57)32-10-14-39(51)40(52)19-32)62-45(25-61-43)31-8-11-35(12-9-31)60-24-29-5-13-37(49)38(50)17-29/h3-17,19,21-22,41-42,45H,18,20,23-25H2,1-2H3,(H,54,56)(H,58,59)/t41?,42-,45+/m0/s1. The van der Waals surface area contributed by atoms with Gasteiger partial charge in [-0.3, -0.25) is 14.6 Å². The van der Waals surface area contributed by atoms with Gasteiger partial charge in [-0.25, -0.2) is 13.6 Å². The van der Waals surface area contributed by atoms with E-state index in [1.807, 2.05) is 74.5 Å². The third kappa shape index (κ3) is 9.07. The second kappa shape index (κ2) is 17.8. The number of carbonyl (C=O) groups is 3. The smallest absolute Gasteiger partial charge is 0.326 e. The molecule has 2 aliphatic rings. The molecule has 2 amide bonds. The number of amides is 2. The minimum Gasteiger partial charge on any atom is -0.489 e. The molecule has 0 spiro atoms. The SMILES string of the molecule is Cc1nccc(-c2ccc(CC(NC(=O)[C@@H]3Cc4cc5c(cc4CN3C(=O)c3ccc(F)c(F)c3)O[C@@H](c3ccc(OCc4ccc(Cl)c(Cl)c4)cc3)CO5)C(=O)O)cc2)c1C. The van der Waals surface area contributed by atoms with Gasteiger partial charge in [0.15, 0.2) is 29.2 Å². The minimum absolute atomic E-state index is 0.0217. The number of nitrogens with one attached hydrogen (secondary N) is 1. The zero-order valence-electron chi connectivity index (χ0n) is 33.5. The predicted molar refractivity (Wildman–Crippen MR) is 229 cm³/mol. The van der Waals surface area contributed by atoms with Gasteiger partial charge in [-0.15, -0.1) is 0 Å². The van der Waals surface area contributed by atoms with Gasteiger partial charge >= 0.3 is 5.97 Å². The fourth-order valence-corrected chi connectivity index (χ4v) is 7.93. The summed E-state index contributed by atoms with van der Waals surface area (Å²) in [6.07, 6.45) is 1.19. The fourth-order valence-electron chi connectivity index (χ4n) is 7.61. The first-order valence-electron chi connectivity index (χ1n) is 19.7. The van der Waals surface area contributed by atoms with Gasteiger partial charge in [0.05, 0.1) is 10.0 Å². The molecular formula is C48H39Cl2F2N3O7. The van der Waals surface area contributed by atoms with E-state index in [2.05, 4.69) is 10.3 Å². The number of aliphatic carboxylic acids is 1. The summed E-state index contributed by atoms with van der Waals surface area (Å²) in [6.45, 7) is 4.27. The number of carbonyl (C=O) groups excluding carboxylic acids is 2. The van der Waals surface area contributed by atoms with E-state index in [0.717, 1.165) is 51.7 Å². The molecule has 6 aromatic rings. The summed E-state index contributed by atoms with van der Waals surface area (Å²) >= 11 is 12.2. The maximum atomic E-state index is 14.4. The number of carboxylic acids is 1. The summed E-state index contributed by atoms with van der Waals surface area (Å²) in [4.78, 5) is 46.4. The van der Waals surface area contributed by atoms with Crippen molar-refractivity contribution in [2.45, 2.75) is 58.0 Å². The van der Waals surface area contributed by atoms with Crippen molar-refractivity contribution in [2.75, 3.05) is 6.61 Å². The molecule has 1 aromatic heterocycles. The van der Waals surface area contributed by atoms with Gasteiger partial charge in [-0.05, 0) is 119 Å². The second-order valence-corrected chi connectivity index (χ2v) is 16.1. The van der Waals surface area contributed by atoms with Crippen molar-refractivity contribution < 1.29 is 42.5 Å². The predicted octanol–water partition coefficient (Wildman–Crippen LogP) is 9.42. The van der Waals surface area contributed by atoms with E-state index in [9.17, 15) is 28.3 Å². The van der Waals surface area contributed by atoms with Crippen molar-refractivity contribution >= 4 is 41.0 Å². The highest BCUT2D eigenvalue weighted by molar-refractivity contribution is 6.42.